The molecule has 4 heterocycles. The molecule has 0 spiro atoms. The monoisotopic (exact) mass is 918 g/mol. The number of nitrogens with zero attached hydrogens (tertiary/aromatic N) is 4. The summed E-state index contributed by atoms with van der Waals surface area (Å²) in [5.41, 5.74) is 6.02. The Bertz CT molecular complexity index is 4210. The molecule has 0 unspecified atom stereocenters. The fraction of sp³-hybridized carbons (Fsp3) is 0.0164. The highest BCUT2D eigenvalue weighted by Crippen LogP contribution is 2.50. The number of alkyl halides is 3. The third-order valence-corrected chi connectivity index (χ3v) is 14.1. The summed E-state index contributed by atoms with van der Waals surface area (Å²) in [5, 5.41) is 6.35. The zero-order valence-corrected chi connectivity index (χ0v) is 36.9. The van der Waals surface area contributed by atoms with Crippen LogP contribution in [0.4, 0.5) is 22.0 Å². The van der Waals surface area contributed by atoms with Crippen LogP contribution in [-0.2, 0) is 6.18 Å². The van der Waals surface area contributed by atoms with Crippen molar-refractivity contribution in [2.24, 2.45) is 0 Å². The molecule has 0 N–H and O–H groups in total. The number of hydrogen-bond donors (Lipinski definition) is 0. The van der Waals surface area contributed by atoms with Crippen LogP contribution in [0.5, 0.6) is 0 Å². The quantitative estimate of drug-likeness (QED) is 0.153. The van der Waals surface area contributed by atoms with Crippen molar-refractivity contribution in [1.29, 1.82) is 0 Å². The van der Waals surface area contributed by atoms with Crippen LogP contribution in [0.1, 0.15) is 5.56 Å². The average molecular weight is 919 g/mol. The van der Waals surface area contributed by atoms with E-state index in [1.54, 1.807) is 9.13 Å². The second-order valence-corrected chi connectivity index (χ2v) is 17.8. The minimum absolute atomic E-state index is 0.0334. The molecule has 0 aliphatic carbocycles. The Hall–Kier alpha value is -8.95. The highest BCUT2D eigenvalue weighted by molar-refractivity contribution is 6.28. The smallest absolute Gasteiger partial charge is 0.309 e. The van der Waals surface area contributed by atoms with E-state index in [1.807, 2.05) is 182 Å². The maximum atomic E-state index is 17.2. The largest absolute Gasteiger partial charge is 0.416 e. The normalized spacial score (nSPS) is 12.4. The van der Waals surface area contributed by atoms with Crippen molar-refractivity contribution in [2.75, 3.05) is 0 Å². The van der Waals surface area contributed by atoms with Gasteiger partial charge in [0.15, 0.2) is 0 Å². The molecule has 4 aromatic heterocycles. The molecule has 0 amide bonds. The maximum Gasteiger partial charge on any atom is 0.416 e. The lowest BCUT2D eigenvalue weighted by molar-refractivity contribution is -0.137. The molecule has 9 heteroatoms. The van der Waals surface area contributed by atoms with Gasteiger partial charge in [-0.15, -0.1) is 0 Å². The van der Waals surface area contributed by atoms with E-state index in [2.05, 4.69) is 9.13 Å². The van der Waals surface area contributed by atoms with E-state index in [1.165, 1.54) is 18.2 Å². The summed E-state index contributed by atoms with van der Waals surface area (Å²) in [6.45, 7) is 0. The number of para-hydroxylation sites is 6. The van der Waals surface area contributed by atoms with Gasteiger partial charge in [-0.25, -0.2) is 8.78 Å². The summed E-state index contributed by atoms with van der Waals surface area (Å²) in [4.78, 5) is 0. The van der Waals surface area contributed by atoms with Gasteiger partial charge in [0.2, 0.25) is 0 Å². The van der Waals surface area contributed by atoms with Gasteiger partial charge in [0.25, 0.3) is 0 Å². The summed E-state index contributed by atoms with van der Waals surface area (Å²) in [5.74, 6) is -1.83. The number of aromatic nitrogens is 4. The Labute approximate surface area is 395 Å². The maximum absolute atomic E-state index is 17.2. The van der Waals surface area contributed by atoms with Crippen LogP contribution in [0.15, 0.2) is 212 Å². The summed E-state index contributed by atoms with van der Waals surface area (Å²) in [6, 6.07) is 64.7. The first kappa shape index (κ1) is 40.1. The van der Waals surface area contributed by atoms with Gasteiger partial charge in [-0.3, -0.25) is 0 Å². The van der Waals surface area contributed by atoms with Crippen molar-refractivity contribution < 1.29 is 22.0 Å². The molecule has 0 radical (unpaired) electrons. The molecular formula is C61H35F5N4. The Morgan fingerprint density at radius 2 is 0.671 bits per heavy atom. The molecule has 0 saturated heterocycles. The number of rotatable bonds is 5. The fourth-order valence-electron chi connectivity index (χ4n) is 11.3. The first-order valence-electron chi connectivity index (χ1n) is 23.0. The van der Waals surface area contributed by atoms with Crippen LogP contribution < -0.4 is 0 Å². The van der Waals surface area contributed by atoms with Crippen LogP contribution >= 0.6 is 0 Å². The minimum atomic E-state index is -4.90. The lowest BCUT2D eigenvalue weighted by Gasteiger charge is -2.23. The van der Waals surface area contributed by atoms with E-state index in [-0.39, 0.29) is 16.9 Å². The molecule has 0 atom stereocenters. The molecule has 334 valence electrons. The van der Waals surface area contributed by atoms with E-state index < -0.39 is 28.9 Å². The Morgan fingerprint density at radius 1 is 0.300 bits per heavy atom. The van der Waals surface area contributed by atoms with E-state index >= 15 is 22.0 Å². The van der Waals surface area contributed by atoms with Gasteiger partial charge in [0, 0.05) is 60.0 Å². The minimum Gasteiger partial charge on any atom is -0.309 e. The van der Waals surface area contributed by atoms with Gasteiger partial charge in [-0.2, -0.15) is 13.2 Å². The van der Waals surface area contributed by atoms with Crippen molar-refractivity contribution in [3.8, 4) is 33.9 Å². The van der Waals surface area contributed by atoms with Gasteiger partial charge in [0.1, 0.15) is 11.6 Å². The lowest BCUT2D eigenvalue weighted by Crippen LogP contribution is -2.12. The molecular weight excluding hydrogens is 884 g/mol. The van der Waals surface area contributed by atoms with Gasteiger partial charge < -0.3 is 18.3 Å². The number of fused-ring (bicyclic) bond motifs is 14. The van der Waals surface area contributed by atoms with E-state index in [4.69, 9.17) is 0 Å². The molecule has 0 aliphatic rings. The van der Waals surface area contributed by atoms with Crippen molar-refractivity contribution in [3.05, 3.63) is 230 Å². The average Bonchev–Trinajstić information content (AvgIpc) is 4.11. The predicted molar refractivity (Wildman–Crippen MR) is 274 cm³/mol. The molecule has 10 aromatic carbocycles. The van der Waals surface area contributed by atoms with Crippen LogP contribution in [0.2, 0.25) is 0 Å². The summed E-state index contributed by atoms with van der Waals surface area (Å²) in [6.07, 6.45) is -4.90. The van der Waals surface area contributed by atoms with Crippen LogP contribution in [-0.4, -0.2) is 18.3 Å². The second kappa shape index (κ2) is 14.8. The van der Waals surface area contributed by atoms with Crippen molar-refractivity contribution in [2.45, 2.75) is 6.18 Å². The van der Waals surface area contributed by atoms with Crippen LogP contribution in [0, 0.1) is 11.6 Å². The van der Waals surface area contributed by atoms with Crippen molar-refractivity contribution in [1.82, 2.24) is 18.3 Å². The van der Waals surface area contributed by atoms with E-state index in [0.29, 0.717) is 22.1 Å². The summed E-state index contributed by atoms with van der Waals surface area (Å²) >= 11 is 0. The topological polar surface area (TPSA) is 19.7 Å². The molecule has 0 saturated carbocycles. The summed E-state index contributed by atoms with van der Waals surface area (Å²) < 4.78 is 90.6. The summed E-state index contributed by atoms with van der Waals surface area (Å²) in [7, 11) is 0. The SMILES string of the molecule is Fc1cccc(F)c1-c1c(-n2c3ccccc3c3ccc4c(c5ccccc5n4-c4ccccc4)c32)cc(C(F)(F)F)cc1-n1c2ccccc2c2ccc3c(c4ccccc4n3-c3ccccc3)c21. The Kier molecular flexibility index (Phi) is 8.47. The first-order valence-corrected chi connectivity index (χ1v) is 23.0. The Morgan fingerprint density at radius 3 is 1.09 bits per heavy atom. The van der Waals surface area contributed by atoms with Gasteiger partial charge in [0.05, 0.1) is 66.6 Å². The first-order chi connectivity index (χ1) is 34.3. The lowest BCUT2D eigenvalue weighted by atomic mass is 9.96. The third kappa shape index (κ3) is 5.57. The van der Waals surface area contributed by atoms with Crippen molar-refractivity contribution in [3.63, 3.8) is 0 Å². The van der Waals surface area contributed by atoms with Crippen LogP contribution in [0.25, 0.3) is 121 Å². The van der Waals surface area contributed by atoms with Gasteiger partial charge in [-0.1, -0.05) is 127 Å². The standard InChI is InChI=1S/C61H35F5N4/c62-45-24-15-25-46(63)57(45)58-53(69-47-26-11-7-20-39(47)41-30-32-51-55(59(41)69)43-22-9-13-28-49(43)67(51)37-16-3-1-4-17-37)34-36(61(64,65)66)35-54(58)70-48-27-12-8-21-40(48)42-31-33-52-56(60(42)70)44-23-10-14-29-50(44)68(52)38-18-5-2-6-19-38/h1-35H. The third-order valence-electron chi connectivity index (χ3n) is 14.1. The van der Waals surface area contributed by atoms with Crippen molar-refractivity contribution >= 4 is 87.2 Å². The fourth-order valence-corrected chi connectivity index (χ4v) is 11.3. The zero-order valence-electron chi connectivity index (χ0n) is 36.9. The highest BCUT2D eigenvalue weighted by atomic mass is 19.4. The molecule has 14 rings (SSSR count). The molecule has 14 aromatic rings. The van der Waals surface area contributed by atoms with E-state index in [0.717, 1.165) is 88.7 Å². The number of halogens is 5. The number of hydrogen-bond acceptors (Lipinski definition) is 0. The molecule has 0 aliphatic heterocycles. The van der Waals surface area contributed by atoms with Gasteiger partial charge >= 0.3 is 6.18 Å². The van der Waals surface area contributed by atoms with E-state index in [9.17, 15) is 0 Å². The Balaban J connectivity index is 1.23. The van der Waals surface area contributed by atoms with Gasteiger partial charge in [-0.05, 0) is 84.9 Å². The number of benzene rings is 10. The molecule has 4 nitrogen and oxygen atoms in total. The zero-order chi connectivity index (χ0) is 47.0. The second-order valence-electron chi connectivity index (χ2n) is 17.8. The molecule has 70 heavy (non-hydrogen) atoms. The predicted octanol–water partition coefficient (Wildman–Crippen LogP) is 17.0. The van der Waals surface area contributed by atoms with Crippen LogP contribution in [0.3, 0.4) is 0 Å². The molecule has 0 fully saturated rings. The highest BCUT2D eigenvalue weighted by Gasteiger charge is 2.36. The molecule has 0 bridgehead atoms.